The molecule has 0 saturated carbocycles. The standard InChI is InChI=1S/C32H37ClFN5O4/c1-6-25(26-19-27-28(33)21(2)36-39(27)31(42)38(26)20-22-11-8-7-9-12-22)37(29(40)23-13-15-24(34)16-14-23)18-10-17-35-30(41)43-32(3,4)5/h7-9,11-16,19,25H,6,10,17-18,20H2,1-5H3,(H,35,41). The van der Waals surface area contributed by atoms with Gasteiger partial charge in [-0.1, -0.05) is 48.9 Å². The summed E-state index contributed by atoms with van der Waals surface area (Å²) in [7, 11) is 0. The molecular weight excluding hydrogens is 573 g/mol. The smallest absolute Gasteiger partial charge is 0.407 e. The number of fused-ring (bicyclic) bond motifs is 1. The zero-order valence-corrected chi connectivity index (χ0v) is 25.8. The monoisotopic (exact) mass is 609 g/mol. The molecule has 2 aromatic carbocycles. The van der Waals surface area contributed by atoms with Crippen LogP contribution in [0.3, 0.4) is 0 Å². The number of ether oxygens (including phenoxy) is 1. The molecule has 0 spiro atoms. The molecular formula is C32H37ClFN5O4. The third-order valence-corrected chi connectivity index (χ3v) is 7.38. The van der Waals surface area contributed by atoms with Gasteiger partial charge in [-0.05, 0) is 76.4 Å². The average molecular weight is 610 g/mol. The Morgan fingerprint density at radius 2 is 1.79 bits per heavy atom. The van der Waals surface area contributed by atoms with Crippen molar-refractivity contribution in [3.63, 3.8) is 0 Å². The first-order valence-electron chi connectivity index (χ1n) is 14.3. The lowest BCUT2D eigenvalue weighted by Crippen LogP contribution is -2.41. The van der Waals surface area contributed by atoms with Crippen LogP contribution in [-0.2, 0) is 11.3 Å². The molecule has 2 amide bonds. The SMILES string of the molecule is CCC(c1cc2c(Cl)c(C)nn2c(=O)n1Cc1ccccc1)N(CCCNC(=O)OC(C)(C)C)C(=O)c1ccc(F)cc1. The number of aryl methyl sites for hydroxylation is 1. The van der Waals surface area contributed by atoms with Crippen LogP contribution in [0.2, 0.25) is 5.02 Å². The van der Waals surface area contributed by atoms with Crippen LogP contribution in [0.4, 0.5) is 9.18 Å². The molecule has 4 aromatic rings. The molecule has 0 aliphatic rings. The van der Waals surface area contributed by atoms with Gasteiger partial charge >= 0.3 is 11.8 Å². The number of amides is 2. The number of hydrogen-bond donors (Lipinski definition) is 1. The number of alkyl carbamates (subject to hydrolysis) is 1. The molecule has 0 radical (unpaired) electrons. The Balaban J connectivity index is 1.76. The van der Waals surface area contributed by atoms with E-state index in [1.807, 2.05) is 43.3 Å². The van der Waals surface area contributed by atoms with Crippen molar-refractivity contribution in [3.05, 3.63) is 105 Å². The lowest BCUT2D eigenvalue weighted by molar-refractivity contribution is 0.0523. The highest BCUT2D eigenvalue weighted by atomic mass is 35.5. The number of nitrogens with one attached hydrogen (secondary N) is 1. The first-order valence-corrected chi connectivity index (χ1v) is 14.6. The summed E-state index contributed by atoms with van der Waals surface area (Å²) in [6.07, 6.45) is 0.311. The third kappa shape index (κ3) is 7.62. The van der Waals surface area contributed by atoms with Crippen LogP contribution in [0, 0.1) is 12.7 Å². The highest BCUT2D eigenvalue weighted by molar-refractivity contribution is 6.34. The number of nitrogens with zero attached hydrogens (tertiary/aromatic N) is 4. The first kappa shape index (κ1) is 31.7. The van der Waals surface area contributed by atoms with Crippen molar-refractivity contribution >= 4 is 29.1 Å². The fourth-order valence-corrected chi connectivity index (χ4v) is 5.11. The van der Waals surface area contributed by atoms with Gasteiger partial charge in [0.1, 0.15) is 11.4 Å². The fraction of sp³-hybridized carbons (Fsp3) is 0.375. The molecule has 0 aliphatic carbocycles. The van der Waals surface area contributed by atoms with Crippen LogP contribution >= 0.6 is 11.6 Å². The molecule has 43 heavy (non-hydrogen) atoms. The zero-order valence-electron chi connectivity index (χ0n) is 25.1. The van der Waals surface area contributed by atoms with Crippen molar-refractivity contribution < 1.29 is 18.7 Å². The van der Waals surface area contributed by atoms with E-state index in [-0.39, 0.29) is 31.2 Å². The Labute approximate surface area is 255 Å². The van der Waals surface area contributed by atoms with Crippen molar-refractivity contribution in [2.24, 2.45) is 0 Å². The van der Waals surface area contributed by atoms with Crippen LogP contribution in [-0.4, -0.2) is 49.8 Å². The lowest BCUT2D eigenvalue weighted by atomic mass is 10.0. The minimum Gasteiger partial charge on any atom is -0.444 e. The predicted molar refractivity (Wildman–Crippen MR) is 164 cm³/mol. The van der Waals surface area contributed by atoms with E-state index in [4.69, 9.17) is 16.3 Å². The lowest BCUT2D eigenvalue weighted by Gasteiger charge is -2.33. The van der Waals surface area contributed by atoms with Gasteiger partial charge in [-0.25, -0.2) is 14.0 Å². The van der Waals surface area contributed by atoms with Crippen LogP contribution in [0.25, 0.3) is 5.52 Å². The summed E-state index contributed by atoms with van der Waals surface area (Å²) in [6.45, 7) is 9.74. The van der Waals surface area contributed by atoms with Gasteiger partial charge in [-0.15, -0.1) is 0 Å². The molecule has 1 atom stereocenters. The molecule has 0 aliphatic heterocycles. The van der Waals surface area contributed by atoms with Crippen molar-refractivity contribution in [2.75, 3.05) is 13.1 Å². The van der Waals surface area contributed by atoms with Crippen molar-refractivity contribution in [2.45, 2.75) is 65.6 Å². The molecule has 4 rings (SSSR count). The van der Waals surface area contributed by atoms with Crippen molar-refractivity contribution in [1.82, 2.24) is 24.4 Å². The average Bonchev–Trinajstić information content (AvgIpc) is 3.25. The van der Waals surface area contributed by atoms with Crippen LogP contribution in [0.15, 0.2) is 65.5 Å². The minimum atomic E-state index is -0.643. The second-order valence-corrected chi connectivity index (χ2v) is 11.7. The molecule has 0 fully saturated rings. The molecule has 2 heterocycles. The minimum absolute atomic E-state index is 0.237. The van der Waals surface area contributed by atoms with E-state index in [2.05, 4.69) is 10.4 Å². The Morgan fingerprint density at radius 1 is 1.12 bits per heavy atom. The van der Waals surface area contributed by atoms with Crippen LogP contribution in [0.5, 0.6) is 0 Å². The van der Waals surface area contributed by atoms with E-state index in [0.29, 0.717) is 40.3 Å². The maximum atomic E-state index is 14.0. The Bertz CT molecular complexity index is 1650. The Hall–Kier alpha value is -4.18. The second-order valence-electron chi connectivity index (χ2n) is 11.3. The number of carbonyl (C=O) groups is 2. The number of benzene rings is 2. The van der Waals surface area contributed by atoms with Crippen molar-refractivity contribution in [3.8, 4) is 0 Å². The second kappa shape index (κ2) is 13.4. The normalized spacial score (nSPS) is 12.3. The topological polar surface area (TPSA) is 97.9 Å². The molecule has 1 unspecified atom stereocenters. The highest BCUT2D eigenvalue weighted by Gasteiger charge is 2.29. The van der Waals surface area contributed by atoms with Crippen LogP contribution < -0.4 is 11.0 Å². The van der Waals surface area contributed by atoms with Crippen molar-refractivity contribution in [1.29, 1.82) is 0 Å². The van der Waals surface area contributed by atoms with Gasteiger partial charge in [0.05, 0.1) is 28.8 Å². The quantitative estimate of drug-likeness (QED) is 0.217. The van der Waals surface area contributed by atoms with E-state index in [0.717, 1.165) is 5.56 Å². The maximum Gasteiger partial charge on any atom is 0.407 e. The number of hydrogen-bond acceptors (Lipinski definition) is 5. The molecule has 1 N–H and O–H groups in total. The molecule has 9 nitrogen and oxygen atoms in total. The molecule has 0 saturated heterocycles. The third-order valence-electron chi connectivity index (χ3n) is 6.91. The summed E-state index contributed by atoms with van der Waals surface area (Å²) in [5.74, 6) is -0.789. The first-order chi connectivity index (χ1) is 20.4. The van der Waals surface area contributed by atoms with Gasteiger partial charge in [0.15, 0.2) is 0 Å². The largest absolute Gasteiger partial charge is 0.444 e. The van der Waals surface area contributed by atoms with Gasteiger partial charge in [-0.2, -0.15) is 9.61 Å². The summed E-state index contributed by atoms with van der Waals surface area (Å²) in [5, 5.41) is 7.45. The number of halogens is 2. The number of aromatic nitrogens is 3. The Morgan fingerprint density at radius 3 is 2.42 bits per heavy atom. The van der Waals surface area contributed by atoms with Gasteiger partial charge < -0.3 is 15.0 Å². The molecule has 228 valence electrons. The molecule has 2 aromatic heterocycles. The summed E-state index contributed by atoms with van der Waals surface area (Å²) in [4.78, 5) is 41.8. The maximum absolute atomic E-state index is 14.0. The summed E-state index contributed by atoms with van der Waals surface area (Å²) >= 11 is 6.58. The highest BCUT2D eigenvalue weighted by Crippen LogP contribution is 2.30. The van der Waals surface area contributed by atoms with Crippen LogP contribution in [0.1, 0.15) is 73.9 Å². The summed E-state index contributed by atoms with van der Waals surface area (Å²) in [5.41, 5.74) is 1.72. The van der Waals surface area contributed by atoms with Gasteiger partial charge in [-0.3, -0.25) is 9.36 Å². The van der Waals surface area contributed by atoms with E-state index >= 15 is 0 Å². The molecule has 0 bridgehead atoms. The zero-order chi connectivity index (χ0) is 31.3. The molecule has 11 heteroatoms. The fourth-order valence-electron chi connectivity index (χ4n) is 4.94. The van der Waals surface area contributed by atoms with Gasteiger partial charge in [0.2, 0.25) is 0 Å². The van der Waals surface area contributed by atoms with E-state index in [1.165, 1.54) is 28.8 Å². The Kier molecular flexibility index (Phi) is 9.91. The van der Waals surface area contributed by atoms with E-state index in [9.17, 15) is 18.8 Å². The van der Waals surface area contributed by atoms with E-state index in [1.54, 1.807) is 37.2 Å². The van der Waals surface area contributed by atoms with Gasteiger partial charge in [0.25, 0.3) is 5.91 Å². The van der Waals surface area contributed by atoms with E-state index < -0.39 is 23.6 Å². The number of carbonyl (C=O) groups excluding carboxylic acids is 2. The number of rotatable bonds is 10. The summed E-state index contributed by atoms with van der Waals surface area (Å²) in [6, 6.07) is 16.1. The summed E-state index contributed by atoms with van der Waals surface area (Å²) < 4.78 is 22.0. The predicted octanol–water partition coefficient (Wildman–Crippen LogP) is 6.15. The van der Waals surface area contributed by atoms with Gasteiger partial charge in [0, 0.05) is 24.3 Å².